The monoisotopic (exact) mass is 183 g/mol. The highest BCUT2D eigenvalue weighted by atomic mass is 32.1. The van der Waals surface area contributed by atoms with Crippen molar-refractivity contribution in [2.45, 2.75) is 0 Å². The summed E-state index contributed by atoms with van der Waals surface area (Å²) in [7, 11) is 0. The minimum atomic E-state index is 0.308. The molecule has 0 spiro atoms. The first-order valence-corrected chi connectivity index (χ1v) is 3.84. The Kier molecular flexibility index (Phi) is 2.62. The van der Waals surface area contributed by atoms with Gasteiger partial charge in [0.2, 0.25) is 0 Å². The average molecular weight is 183 g/mol. The number of para-hydroxylation sites is 2. The van der Waals surface area contributed by atoms with Crippen molar-refractivity contribution in [1.82, 2.24) is 0 Å². The van der Waals surface area contributed by atoms with Crippen molar-refractivity contribution < 1.29 is 0 Å². The van der Waals surface area contributed by atoms with Gasteiger partial charge in [-0.15, -0.1) is 0 Å². The van der Waals surface area contributed by atoms with Gasteiger partial charge in [-0.05, 0) is 12.1 Å². The molecular weight excluding hydrogens is 176 g/mol. The molecule has 0 aliphatic carbocycles. The van der Waals surface area contributed by atoms with Crippen LogP contribution in [0.15, 0.2) is 24.3 Å². The lowest BCUT2D eigenvalue weighted by molar-refractivity contribution is 1.65. The largest absolute Gasteiger partial charge is 0.411 e. The first kappa shape index (κ1) is 8.23. The molecule has 4 heteroatoms. The Labute approximate surface area is 76.2 Å². The molecule has 2 nitrogen and oxygen atoms in total. The fraction of sp³-hybridized carbons (Fsp3) is 0. The molecule has 0 fully saturated rings. The Morgan fingerprint density at radius 2 is 2.09 bits per heavy atom. The van der Waals surface area contributed by atoms with Crippen LogP contribution in [0.3, 0.4) is 0 Å². The zero-order valence-corrected chi connectivity index (χ0v) is 7.34. The van der Waals surface area contributed by atoms with Gasteiger partial charge in [-0.25, -0.2) is 0 Å². The molecule has 0 saturated carbocycles. The van der Waals surface area contributed by atoms with Crippen LogP contribution in [0.2, 0.25) is 0 Å². The van der Waals surface area contributed by atoms with Gasteiger partial charge in [-0.2, -0.15) is 0 Å². The summed E-state index contributed by atoms with van der Waals surface area (Å²) < 4.78 is 0.308. The average Bonchev–Trinajstić information content (AvgIpc) is 1.93. The molecule has 11 heavy (non-hydrogen) atoms. The Morgan fingerprint density at radius 3 is 2.64 bits per heavy atom. The van der Waals surface area contributed by atoms with Crippen LogP contribution < -0.4 is 11.1 Å². The molecule has 0 amide bonds. The summed E-state index contributed by atoms with van der Waals surface area (Å²) in [5, 5.41) is 2.79. The van der Waals surface area contributed by atoms with Crippen LogP contribution in [-0.4, -0.2) is 4.32 Å². The highest BCUT2D eigenvalue weighted by Gasteiger charge is 1.92. The van der Waals surface area contributed by atoms with E-state index in [2.05, 4.69) is 30.2 Å². The summed E-state index contributed by atoms with van der Waals surface area (Å²) in [4.78, 5) is 0. The van der Waals surface area contributed by atoms with Gasteiger partial charge >= 0.3 is 0 Å². The van der Waals surface area contributed by atoms with E-state index in [0.29, 0.717) is 10.0 Å². The predicted octanol–water partition coefficient (Wildman–Crippen LogP) is 1.51. The minimum absolute atomic E-state index is 0.308. The van der Waals surface area contributed by atoms with Gasteiger partial charge in [0, 0.05) is 0 Å². The van der Waals surface area contributed by atoms with Crippen molar-refractivity contribution in [3.05, 3.63) is 24.3 Å². The number of hydrogen-bond donors (Lipinski definition) is 2. The Hall–Kier alpha value is -0.870. The minimum Gasteiger partial charge on any atom is -0.411 e. The number of benzene rings is 1. The smallest absolute Gasteiger partial charge is 0.0605 e. The van der Waals surface area contributed by atoms with E-state index in [1.54, 1.807) is 6.07 Å². The van der Waals surface area contributed by atoms with Crippen molar-refractivity contribution in [1.29, 1.82) is 0 Å². The molecule has 0 saturated heterocycles. The van der Waals surface area contributed by atoms with Crippen molar-refractivity contribution in [3.63, 3.8) is 0 Å². The lowest BCUT2D eigenvalue weighted by atomic mass is 10.3. The van der Waals surface area contributed by atoms with E-state index in [1.807, 2.05) is 18.2 Å². The zero-order chi connectivity index (χ0) is 8.27. The molecular formula is C7H7N2S2-. The fourth-order valence-corrected chi connectivity index (χ4v) is 0.941. The highest BCUT2D eigenvalue weighted by molar-refractivity contribution is 8.00. The summed E-state index contributed by atoms with van der Waals surface area (Å²) in [6, 6.07) is 7.34. The molecule has 0 heterocycles. The molecule has 0 unspecified atom stereocenters. The predicted molar refractivity (Wildman–Crippen MR) is 54.4 cm³/mol. The molecule has 0 radical (unpaired) electrons. The van der Waals surface area contributed by atoms with E-state index in [-0.39, 0.29) is 0 Å². The second-order valence-electron chi connectivity index (χ2n) is 2.00. The maximum Gasteiger partial charge on any atom is 0.0605 e. The van der Waals surface area contributed by atoms with Gasteiger partial charge in [0.1, 0.15) is 0 Å². The number of rotatable bonds is 1. The Morgan fingerprint density at radius 1 is 1.45 bits per heavy atom. The molecule has 3 N–H and O–H groups in total. The standard InChI is InChI=1S/C7H8N2S2/c8-5-3-1-2-4-6(5)9-7(10)11/h1-4H,8H2,(H2,9,10,11)/p-1. The Bertz CT molecular complexity index is 273. The Balaban J connectivity index is 2.86. The summed E-state index contributed by atoms with van der Waals surface area (Å²) in [5.74, 6) is 0. The number of nitrogen functional groups attached to an aromatic ring is 1. The molecule has 0 bridgehead atoms. The summed E-state index contributed by atoms with van der Waals surface area (Å²) in [6.07, 6.45) is 0. The summed E-state index contributed by atoms with van der Waals surface area (Å²) in [6.45, 7) is 0. The van der Waals surface area contributed by atoms with E-state index in [0.717, 1.165) is 5.69 Å². The maximum absolute atomic E-state index is 5.60. The first-order chi connectivity index (χ1) is 5.20. The molecule has 0 aliphatic rings. The van der Waals surface area contributed by atoms with Gasteiger partial charge in [-0.3, -0.25) is 0 Å². The van der Waals surface area contributed by atoms with Crippen LogP contribution in [0.4, 0.5) is 11.4 Å². The molecule has 0 atom stereocenters. The quantitative estimate of drug-likeness (QED) is 0.393. The number of hydrogen-bond acceptors (Lipinski definition) is 3. The van der Waals surface area contributed by atoms with E-state index in [9.17, 15) is 0 Å². The van der Waals surface area contributed by atoms with Gasteiger partial charge < -0.3 is 35.9 Å². The van der Waals surface area contributed by atoms with Crippen molar-refractivity contribution in [2.75, 3.05) is 11.1 Å². The third kappa shape index (κ3) is 2.32. The molecule has 0 aliphatic heterocycles. The second kappa shape index (κ2) is 3.50. The van der Waals surface area contributed by atoms with Crippen molar-refractivity contribution >= 4 is 40.5 Å². The van der Waals surface area contributed by atoms with E-state index in [1.165, 1.54) is 0 Å². The van der Waals surface area contributed by atoms with Crippen LogP contribution in [0, 0.1) is 0 Å². The number of nitrogens with one attached hydrogen (secondary N) is 1. The molecule has 0 aromatic heterocycles. The van der Waals surface area contributed by atoms with Gasteiger partial charge in [0.25, 0.3) is 0 Å². The van der Waals surface area contributed by atoms with Crippen LogP contribution in [0.1, 0.15) is 0 Å². The van der Waals surface area contributed by atoms with E-state index >= 15 is 0 Å². The second-order valence-corrected chi connectivity index (χ2v) is 3.07. The van der Waals surface area contributed by atoms with Crippen LogP contribution in [0.25, 0.3) is 0 Å². The lowest BCUT2D eigenvalue weighted by Crippen LogP contribution is -2.06. The molecule has 1 aromatic carbocycles. The lowest BCUT2D eigenvalue weighted by Gasteiger charge is -2.10. The van der Waals surface area contributed by atoms with E-state index < -0.39 is 0 Å². The first-order valence-electron chi connectivity index (χ1n) is 3.02. The van der Waals surface area contributed by atoms with Crippen molar-refractivity contribution in [3.8, 4) is 0 Å². The SMILES string of the molecule is Nc1ccccc1NC(=S)[S-]. The van der Waals surface area contributed by atoms with E-state index in [4.69, 9.17) is 5.73 Å². The third-order valence-electron chi connectivity index (χ3n) is 1.20. The van der Waals surface area contributed by atoms with Crippen LogP contribution >= 0.6 is 12.2 Å². The molecule has 1 rings (SSSR count). The van der Waals surface area contributed by atoms with Gasteiger partial charge in [-0.1, -0.05) is 16.5 Å². The normalized spacial score (nSPS) is 9.09. The summed E-state index contributed by atoms with van der Waals surface area (Å²) >= 11 is 9.37. The third-order valence-corrected chi connectivity index (χ3v) is 1.40. The number of nitrogens with two attached hydrogens (primary N) is 1. The number of thiocarbonyl (C=S) groups is 1. The number of anilines is 2. The summed E-state index contributed by atoms with van der Waals surface area (Å²) in [5.41, 5.74) is 7.02. The fourth-order valence-electron chi connectivity index (χ4n) is 0.721. The highest BCUT2D eigenvalue weighted by Crippen LogP contribution is 2.16. The molecule has 58 valence electrons. The van der Waals surface area contributed by atoms with Crippen LogP contribution in [0.5, 0.6) is 0 Å². The topological polar surface area (TPSA) is 38.0 Å². The van der Waals surface area contributed by atoms with Crippen LogP contribution in [-0.2, 0) is 12.6 Å². The van der Waals surface area contributed by atoms with Gasteiger partial charge in [0.05, 0.1) is 11.4 Å². The van der Waals surface area contributed by atoms with Gasteiger partial charge in [0.15, 0.2) is 0 Å². The zero-order valence-electron chi connectivity index (χ0n) is 5.70. The maximum atomic E-state index is 5.60. The molecule has 1 aromatic rings. The van der Waals surface area contributed by atoms with Crippen molar-refractivity contribution in [2.24, 2.45) is 0 Å².